The number of ether oxygens (including phenoxy) is 1. The highest BCUT2D eigenvalue weighted by Crippen LogP contribution is 2.28. The van der Waals surface area contributed by atoms with E-state index in [9.17, 15) is 4.79 Å². The molecule has 4 rings (SSSR count). The van der Waals surface area contributed by atoms with Crippen molar-refractivity contribution in [2.45, 2.75) is 50.7 Å². The van der Waals surface area contributed by atoms with E-state index in [0.29, 0.717) is 12.5 Å². The van der Waals surface area contributed by atoms with Gasteiger partial charge >= 0.3 is 0 Å². The first-order chi connectivity index (χ1) is 13.2. The summed E-state index contributed by atoms with van der Waals surface area (Å²) in [6, 6.07) is 8.47. The van der Waals surface area contributed by atoms with Crippen molar-refractivity contribution in [1.29, 1.82) is 0 Å². The minimum atomic E-state index is 0.130. The number of nitrogens with zero attached hydrogens (tertiary/aromatic N) is 2. The van der Waals surface area contributed by atoms with Gasteiger partial charge in [-0.1, -0.05) is 31.0 Å². The predicted octanol–water partition coefficient (Wildman–Crippen LogP) is 1.95. The summed E-state index contributed by atoms with van der Waals surface area (Å²) in [6.45, 7) is 2.35. The van der Waals surface area contributed by atoms with Crippen LogP contribution in [0.4, 0.5) is 0 Å². The zero-order chi connectivity index (χ0) is 18.6. The summed E-state index contributed by atoms with van der Waals surface area (Å²) in [5.74, 6) is 2.40. The van der Waals surface area contributed by atoms with Gasteiger partial charge in [-0.3, -0.25) is 9.79 Å². The van der Waals surface area contributed by atoms with Gasteiger partial charge in [0.25, 0.3) is 0 Å². The highest BCUT2D eigenvalue weighted by Gasteiger charge is 2.32. The number of aliphatic imine (C=N–C) groups is 1. The van der Waals surface area contributed by atoms with Crippen LogP contribution in [0.3, 0.4) is 0 Å². The Bertz CT molecular complexity index is 674. The third kappa shape index (κ3) is 4.20. The van der Waals surface area contributed by atoms with E-state index in [0.717, 1.165) is 50.5 Å². The van der Waals surface area contributed by atoms with Gasteiger partial charge in [0.2, 0.25) is 5.91 Å². The van der Waals surface area contributed by atoms with Gasteiger partial charge in [0.05, 0.1) is 6.54 Å². The lowest BCUT2D eigenvalue weighted by molar-refractivity contribution is -0.134. The lowest BCUT2D eigenvalue weighted by Gasteiger charge is -2.22. The van der Waals surface area contributed by atoms with Crippen LogP contribution in [0.25, 0.3) is 0 Å². The highest BCUT2D eigenvalue weighted by molar-refractivity contribution is 5.81. The number of carbonyl (C=O) groups excluding carboxylic acids is 1. The average Bonchev–Trinajstić information content (AvgIpc) is 3.44. The Morgan fingerprint density at radius 2 is 2.07 bits per heavy atom. The number of para-hydroxylation sites is 1. The molecule has 2 atom stereocenters. The molecule has 1 aromatic rings. The lowest BCUT2D eigenvalue weighted by Crippen LogP contribution is -2.47. The molecule has 1 aromatic carbocycles. The van der Waals surface area contributed by atoms with Crippen molar-refractivity contribution in [3.8, 4) is 5.75 Å². The van der Waals surface area contributed by atoms with Gasteiger partial charge < -0.3 is 20.3 Å². The molecule has 27 heavy (non-hydrogen) atoms. The van der Waals surface area contributed by atoms with Crippen LogP contribution in [-0.4, -0.2) is 55.6 Å². The summed E-state index contributed by atoms with van der Waals surface area (Å²) >= 11 is 0. The summed E-state index contributed by atoms with van der Waals surface area (Å²) in [5.41, 5.74) is 1.27. The van der Waals surface area contributed by atoms with Gasteiger partial charge in [0, 0.05) is 38.5 Å². The molecule has 2 N–H and O–H groups in total. The van der Waals surface area contributed by atoms with Crippen LogP contribution in [0.15, 0.2) is 29.3 Å². The van der Waals surface area contributed by atoms with Gasteiger partial charge in [0.15, 0.2) is 5.96 Å². The number of carbonyl (C=O) groups is 1. The van der Waals surface area contributed by atoms with Gasteiger partial charge in [-0.25, -0.2) is 0 Å². The number of benzene rings is 1. The normalized spacial score (nSPS) is 25.4. The van der Waals surface area contributed by atoms with E-state index >= 15 is 0 Å². The largest absolute Gasteiger partial charge is 0.488 e. The van der Waals surface area contributed by atoms with Crippen LogP contribution in [0.2, 0.25) is 0 Å². The predicted molar refractivity (Wildman–Crippen MR) is 106 cm³/mol. The molecule has 0 bridgehead atoms. The Morgan fingerprint density at radius 3 is 2.85 bits per heavy atom. The third-order valence-corrected chi connectivity index (χ3v) is 5.98. The van der Waals surface area contributed by atoms with Crippen LogP contribution >= 0.6 is 0 Å². The van der Waals surface area contributed by atoms with Gasteiger partial charge in [-0.15, -0.1) is 0 Å². The van der Waals surface area contributed by atoms with E-state index in [1.807, 2.05) is 17.0 Å². The van der Waals surface area contributed by atoms with E-state index in [1.165, 1.54) is 18.4 Å². The molecule has 6 nitrogen and oxygen atoms in total. The van der Waals surface area contributed by atoms with E-state index in [2.05, 4.69) is 27.8 Å². The maximum atomic E-state index is 12.6. The zero-order valence-electron chi connectivity index (χ0n) is 16.1. The van der Waals surface area contributed by atoms with E-state index in [1.54, 1.807) is 7.05 Å². The second kappa shape index (κ2) is 8.19. The fourth-order valence-corrected chi connectivity index (χ4v) is 4.48. The molecule has 2 unspecified atom stereocenters. The first-order valence-corrected chi connectivity index (χ1v) is 10.2. The second-order valence-corrected chi connectivity index (χ2v) is 7.90. The summed E-state index contributed by atoms with van der Waals surface area (Å²) in [5, 5.41) is 6.86. The number of likely N-dealkylation sites (tertiary alicyclic amines) is 1. The molecule has 1 saturated heterocycles. The molecule has 6 heteroatoms. The molecule has 2 fully saturated rings. The van der Waals surface area contributed by atoms with E-state index in [-0.39, 0.29) is 18.1 Å². The monoisotopic (exact) mass is 370 g/mol. The van der Waals surface area contributed by atoms with Gasteiger partial charge in [0.1, 0.15) is 11.9 Å². The van der Waals surface area contributed by atoms with Crippen molar-refractivity contribution in [3.05, 3.63) is 29.8 Å². The fourth-order valence-electron chi connectivity index (χ4n) is 4.48. The minimum Gasteiger partial charge on any atom is -0.488 e. The van der Waals surface area contributed by atoms with Crippen molar-refractivity contribution in [1.82, 2.24) is 15.5 Å². The van der Waals surface area contributed by atoms with Crippen LogP contribution in [-0.2, 0) is 11.2 Å². The molecule has 0 spiro atoms. The molecular weight excluding hydrogens is 340 g/mol. The molecule has 3 aliphatic rings. The number of guanidine groups is 1. The molecule has 2 heterocycles. The van der Waals surface area contributed by atoms with Crippen molar-refractivity contribution in [3.63, 3.8) is 0 Å². The van der Waals surface area contributed by atoms with Crippen molar-refractivity contribution in [2.24, 2.45) is 10.9 Å². The van der Waals surface area contributed by atoms with Crippen molar-refractivity contribution < 1.29 is 9.53 Å². The standard InChI is InChI=1S/C21H30N4O2/c1-22-21(23-13-18-12-16-8-4-5-9-19(16)27-18)24-17-10-11-25(14-17)20(26)15-6-2-3-7-15/h4-5,8-9,15,17-18H,2-3,6-7,10-14H2,1H3,(H2,22,23,24). The van der Waals surface area contributed by atoms with Crippen LogP contribution in [0.1, 0.15) is 37.7 Å². The summed E-state index contributed by atoms with van der Waals surface area (Å²) in [7, 11) is 1.79. The first kappa shape index (κ1) is 18.1. The average molecular weight is 370 g/mol. The van der Waals surface area contributed by atoms with Crippen LogP contribution < -0.4 is 15.4 Å². The summed E-state index contributed by atoms with van der Waals surface area (Å²) in [6.07, 6.45) is 6.58. The molecule has 2 aliphatic heterocycles. The maximum Gasteiger partial charge on any atom is 0.225 e. The number of hydrogen-bond donors (Lipinski definition) is 2. The Morgan fingerprint density at radius 1 is 1.26 bits per heavy atom. The van der Waals surface area contributed by atoms with Crippen LogP contribution in [0.5, 0.6) is 5.75 Å². The second-order valence-electron chi connectivity index (χ2n) is 7.90. The quantitative estimate of drug-likeness (QED) is 0.628. The number of hydrogen-bond acceptors (Lipinski definition) is 3. The number of fused-ring (bicyclic) bond motifs is 1. The number of nitrogens with one attached hydrogen (secondary N) is 2. The van der Waals surface area contributed by atoms with E-state index in [4.69, 9.17) is 4.74 Å². The third-order valence-electron chi connectivity index (χ3n) is 5.98. The Balaban J connectivity index is 1.22. The number of rotatable bonds is 4. The summed E-state index contributed by atoms with van der Waals surface area (Å²) < 4.78 is 5.98. The smallest absolute Gasteiger partial charge is 0.225 e. The fraction of sp³-hybridized carbons (Fsp3) is 0.619. The van der Waals surface area contributed by atoms with Gasteiger partial charge in [-0.2, -0.15) is 0 Å². The molecular formula is C21H30N4O2. The topological polar surface area (TPSA) is 66.0 Å². The van der Waals surface area contributed by atoms with Gasteiger partial charge in [-0.05, 0) is 30.9 Å². The molecule has 1 aliphatic carbocycles. The molecule has 0 aromatic heterocycles. The lowest BCUT2D eigenvalue weighted by atomic mass is 10.1. The van der Waals surface area contributed by atoms with Crippen molar-refractivity contribution >= 4 is 11.9 Å². The summed E-state index contributed by atoms with van der Waals surface area (Å²) in [4.78, 5) is 19.0. The minimum absolute atomic E-state index is 0.130. The maximum absolute atomic E-state index is 12.6. The molecule has 1 amide bonds. The first-order valence-electron chi connectivity index (χ1n) is 10.2. The highest BCUT2D eigenvalue weighted by atomic mass is 16.5. The molecule has 1 saturated carbocycles. The zero-order valence-corrected chi connectivity index (χ0v) is 16.1. The SMILES string of the molecule is CN=C(NCC1Cc2ccccc2O1)NC1CCN(C(=O)C2CCCC2)C1. The Labute approximate surface area is 161 Å². The number of amides is 1. The van der Waals surface area contributed by atoms with Crippen molar-refractivity contribution in [2.75, 3.05) is 26.7 Å². The molecule has 146 valence electrons. The van der Waals surface area contributed by atoms with Crippen LogP contribution in [0, 0.1) is 5.92 Å². The Kier molecular flexibility index (Phi) is 5.50. The Hall–Kier alpha value is -2.24. The molecule has 0 radical (unpaired) electrons. The van der Waals surface area contributed by atoms with E-state index < -0.39 is 0 Å².